The maximum absolute atomic E-state index is 11.3. The normalized spacial score (nSPS) is 12.6. The van der Waals surface area contributed by atoms with Crippen LogP contribution in [0.25, 0.3) is 0 Å². The lowest BCUT2D eigenvalue weighted by Gasteiger charge is -2.17. The molecule has 0 spiro atoms. The highest BCUT2D eigenvalue weighted by atomic mass is 16.6. The van der Waals surface area contributed by atoms with E-state index in [1.165, 1.54) is 0 Å². The summed E-state index contributed by atoms with van der Waals surface area (Å²) < 4.78 is 6.80. The van der Waals surface area contributed by atoms with E-state index in [1.807, 2.05) is 6.92 Å². The number of aryl methyl sites for hydroxylation is 2. The first-order valence-electron chi connectivity index (χ1n) is 6.96. The van der Waals surface area contributed by atoms with E-state index in [9.17, 15) is 10.1 Å². The van der Waals surface area contributed by atoms with Gasteiger partial charge in [-0.25, -0.2) is 0 Å². The van der Waals surface area contributed by atoms with Crippen molar-refractivity contribution in [2.75, 3.05) is 20.3 Å². The smallest absolute Gasteiger partial charge is 0.313 e. The van der Waals surface area contributed by atoms with Gasteiger partial charge < -0.3 is 10.1 Å². The maximum atomic E-state index is 11.3. The van der Waals surface area contributed by atoms with Gasteiger partial charge in [0.15, 0.2) is 0 Å². The van der Waals surface area contributed by atoms with Crippen LogP contribution in [0, 0.1) is 10.1 Å². The third-order valence-corrected chi connectivity index (χ3v) is 3.22. The second-order valence-corrected chi connectivity index (χ2v) is 4.79. The molecular weight excluding hydrogens is 260 g/mol. The lowest BCUT2D eigenvalue weighted by molar-refractivity contribution is -0.386. The highest BCUT2D eigenvalue weighted by Gasteiger charge is 2.27. The summed E-state index contributed by atoms with van der Waals surface area (Å²) in [5.74, 6) is 0. The van der Waals surface area contributed by atoms with E-state index in [2.05, 4.69) is 17.3 Å². The molecule has 0 bridgehead atoms. The molecule has 20 heavy (non-hydrogen) atoms. The van der Waals surface area contributed by atoms with Gasteiger partial charge in [-0.3, -0.25) is 14.8 Å². The van der Waals surface area contributed by atoms with Crippen LogP contribution in [-0.4, -0.2) is 41.0 Å². The molecule has 0 fully saturated rings. The Morgan fingerprint density at radius 1 is 1.50 bits per heavy atom. The van der Waals surface area contributed by atoms with Crippen molar-refractivity contribution in [3.8, 4) is 0 Å². The van der Waals surface area contributed by atoms with Crippen molar-refractivity contribution < 1.29 is 9.66 Å². The predicted molar refractivity (Wildman–Crippen MR) is 76.9 cm³/mol. The van der Waals surface area contributed by atoms with Crippen LogP contribution < -0.4 is 5.32 Å². The number of aromatic nitrogens is 2. The Bertz CT molecular complexity index is 445. The second kappa shape index (κ2) is 7.96. The molecule has 1 heterocycles. The molecule has 0 radical (unpaired) electrons. The number of rotatable bonds is 9. The third kappa shape index (κ3) is 4.01. The van der Waals surface area contributed by atoms with Crippen molar-refractivity contribution >= 4 is 5.69 Å². The number of hydrogen-bond acceptors (Lipinski definition) is 5. The minimum atomic E-state index is -0.329. The Balaban J connectivity index is 2.98. The lowest BCUT2D eigenvalue weighted by Crippen LogP contribution is -2.36. The van der Waals surface area contributed by atoms with Gasteiger partial charge in [0.1, 0.15) is 11.4 Å². The van der Waals surface area contributed by atoms with Crippen molar-refractivity contribution in [3.63, 3.8) is 0 Å². The molecule has 1 aromatic rings. The zero-order valence-corrected chi connectivity index (χ0v) is 12.7. The average Bonchev–Trinajstić information content (AvgIpc) is 2.73. The third-order valence-electron chi connectivity index (χ3n) is 3.22. The summed E-state index contributed by atoms with van der Waals surface area (Å²) in [5.41, 5.74) is 1.34. The van der Waals surface area contributed by atoms with Crippen LogP contribution in [0.3, 0.4) is 0 Å². The monoisotopic (exact) mass is 284 g/mol. The van der Waals surface area contributed by atoms with Crippen LogP contribution in [-0.2, 0) is 24.6 Å². The Morgan fingerprint density at radius 3 is 2.70 bits per heavy atom. The molecule has 114 valence electrons. The number of nitrogens with zero attached hydrogens (tertiary/aromatic N) is 3. The molecule has 1 rings (SSSR count). The zero-order valence-electron chi connectivity index (χ0n) is 12.7. The van der Waals surface area contributed by atoms with E-state index in [1.54, 1.807) is 18.8 Å². The fraction of sp³-hybridized carbons (Fsp3) is 0.769. The molecule has 1 N–H and O–H groups in total. The van der Waals surface area contributed by atoms with Gasteiger partial charge in [0, 0.05) is 26.6 Å². The fourth-order valence-corrected chi connectivity index (χ4v) is 2.26. The summed E-state index contributed by atoms with van der Waals surface area (Å²) in [7, 11) is 3.39. The molecule has 0 aliphatic carbocycles. The Labute approximate surface area is 119 Å². The van der Waals surface area contributed by atoms with E-state index in [-0.39, 0.29) is 16.7 Å². The van der Waals surface area contributed by atoms with Crippen LogP contribution in [0.15, 0.2) is 0 Å². The summed E-state index contributed by atoms with van der Waals surface area (Å²) in [6, 6.07) is 0.0544. The second-order valence-electron chi connectivity index (χ2n) is 4.79. The fourth-order valence-electron chi connectivity index (χ4n) is 2.26. The van der Waals surface area contributed by atoms with Crippen molar-refractivity contribution in [1.29, 1.82) is 0 Å². The van der Waals surface area contributed by atoms with Gasteiger partial charge in [0.25, 0.3) is 0 Å². The molecule has 0 amide bonds. The van der Waals surface area contributed by atoms with E-state index < -0.39 is 0 Å². The number of nitro groups is 1. The van der Waals surface area contributed by atoms with Crippen LogP contribution >= 0.6 is 0 Å². The van der Waals surface area contributed by atoms with Gasteiger partial charge in [-0.05, 0) is 19.4 Å². The van der Waals surface area contributed by atoms with Crippen molar-refractivity contribution in [2.24, 2.45) is 7.05 Å². The van der Waals surface area contributed by atoms with E-state index in [4.69, 9.17) is 4.74 Å². The standard InChI is InChI=1S/C13H24N4O3/c1-5-7-14-10(9-20-4)8-12-13(17(18)19)11(6-2)15-16(12)3/h10,14H,5-9H2,1-4H3. The molecule has 0 aromatic carbocycles. The van der Waals surface area contributed by atoms with Gasteiger partial charge in [-0.1, -0.05) is 13.8 Å². The SMILES string of the molecule is CCCNC(COC)Cc1c([N+](=O)[O-])c(CC)nn1C. The van der Waals surface area contributed by atoms with Gasteiger partial charge in [-0.15, -0.1) is 0 Å². The Morgan fingerprint density at radius 2 is 2.20 bits per heavy atom. The summed E-state index contributed by atoms with van der Waals surface area (Å²) in [6.07, 6.45) is 2.10. The maximum Gasteiger partial charge on any atom is 0.313 e. The predicted octanol–water partition coefficient (Wildman–Crippen LogP) is 1.45. The van der Waals surface area contributed by atoms with Gasteiger partial charge in [0.2, 0.25) is 0 Å². The van der Waals surface area contributed by atoms with Crippen LogP contribution in [0.5, 0.6) is 0 Å². The van der Waals surface area contributed by atoms with E-state index in [0.29, 0.717) is 30.8 Å². The molecule has 0 aliphatic rings. The zero-order chi connectivity index (χ0) is 15.1. The highest BCUT2D eigenvalue weighted by Crippen LogP contribution is 2.24. The Hall–Kier alpha value is -1.47. The molecular formula is C13H24N4O3. The first kappa shape index (κ1) is 16.6. The molecule has 7 nitrogen and oxygen atoms in total. The van der Waals surface area contributed by atoms with Crippen molar-refractivity contribution in [2.45, 2.75) is 39.2 Å². The molecule has 1 aromatic heterocycles. The van der Waals surface area contributed by atoms with Crippen molar-refractivity contribution in [3.05, 3.63) is 21.5 Å². The molecule has 1 unspecified atom stereocenters. The van der Waals surface area contributed by atoms with Gasteiger partial charge in [-0.2, -0.15) is 5.10 Å². The summed E-state index contributed by atoms with van der Waals surface area (Å²) in [6.45, 7) is 5.34. The molecule has 1 atom stereocenters. The highest BCUT2D eigenvalue weighted by molar-refractivity contribution is 5.41. The van der Waals surface area contributed by atoms with E-state index >= 15 is 0 Å². The topological polar surface area (TPSA) is 82.2 Å². The number of methoxy groups -OCH3 is 1. The number of ether oxygens (including phenoxy) is 1. The largest absolute Gasteiger partial charge is 0.383 e. The molecule has 0 saturated heterocycles. The summed E-state index contributed by atoms with van der Waals surface area (Å²) in [4.78, 5) is 10.9. The molecule has 0 aliphatic heterocycles. The first-order chi connectivity index (χ1) is 9.54. The van der Waals surface area contributed by atoms with Crippen LogP contribution in [0.1, 0.15) is 31.7 Å². The van der Waals surface area contributed by atoms with Gasteiger partial charge in [0.05, 0.1) is 11.5 Å². The lowest BCUT2D eigenvalue weighted by atomic mass is 10.1. The first-order valence-corrected chi connectivity index (χ1v) is 6.96. The van der Waals surface area contributed by atoms with E-state index in [0.717, 1.165) is 13.0 Å². The quantitative estimate of drug-likeness (QED) is 0.548. The van der Waals surface area contributed by atoms with Crippen LogP contribution in [0.4, 0.5) is 5.69 Å². The molecule has 0 saturated carbocycles. The van der Waals surface area contributed by atoms with Crippen molar-refractivity contribution in [1.82, 2.24) is 15.1 Å². The summed E-state index contributed by atoms with van der Waals surface area (Å²) in [5, 5.41) is 18.9. The minimum absolute atomic E-state index is 0.0544. The Kier molecular flexibility index (Phi) is 6.60. The number of hydrogen-bond donors (Lipinski definition) is 1. The minimum Gasteiger partial charge on any atom is -0.383 e. The molecule has 7 heteroatoms. The van der Waals surface area contributed by atoms with Crippen LogP contribution in [0.2, 0.25) is 0 Å². The number of nitrogens with one attached hydrogen (secondary N) is 1. The average molecular weight is 284 g/mol. The summed E-state index contributed by atoms with van der Waals surface area (Å²) >= 11 is 0. The van der Waals surface area contributed by atoms with Gasteiger partial charge >= 0.3 is 5.69 Å².